The summed E-state index contributed by atoms with van der Waals surface area (Å²) in [6, 6.07) is 7.93. The van der Waals surface area contributed by atoms with Gasteiger partial charge < -0.3 is 9.80 Å². The predicted molar refractivity (Wildman–Crippen MR) is 90.2 cm³/mol. The van der Waals surface area contributed by atoms with Crippen LogP contribution < -0.4 is 0 Å². The van der Waals surface area contributed by atoms with Gasteiger partial charge in [-0.3, -0.25) is 9.59 Å². The quantitative estimate of drug-likeness (QED) is 0.842. The third-order valence-electron chi connectivity index (χ3n) is 4.58. The molecule has 3 rings (SSSR count). The standard InChI is InChI=1S/C19H22N2O2/c1-15(22)20-11-13-21(14-12-20)19(23)18-9-7-17(8-10-18)16-5-3-2-4-6-16/h2-5,7-10,16H,6,11-14H2,1H3. The summed E-state index contributed by atoms with van der Waals surface area (Å²) in [4.78, 5) is 27.5. The first kappa shape index (κ1) is 15.5. The van der Waals surface area contributed by atoms with Gasteiger partial charge in [-0.1, -0.05) is 36.4 Å². The normalized spacial score (nSPS) is 20.7. The van der Waals surface area contributed by atoms with E-state index in [4.69, 9.17) is 0 Å². The molecule has 23 heavy (non-hydrogen) atoms. The van der Waals surface area contributed by atoms with Crippen LogP contribution in [0.1, 0.15) is 35.2 Å². The number of piperazine rings is 1. The third kappa shape index (κ3) is 3.52. The Kier molecular flexibility index (Phi) is 4.60. The summed E-state index contributed by atoms with van der Waals surface area (Å²) in [6.07, 6.45) is 9.50. The molecule has 1 heterocycles. The van der Waals surface area contributed by atoms with Gasteiger partial charge in [-0.25, -0.2) is 0 Å². The van der Waals surface area contributed by atoms with Gasteiger partial charge in [0.25, 0.3) is 5.91 Å². The van der Waals surface area contributed by atoms with Crippen LogP contribution in [0.3, 0.4) is 0 Å². The molecule has 1 saturated heterocycles. The van der Waals surface area contributed by atoms with Crippen molar-refractivity contribution < 1.29 is 9.59 Å². The van der Waals surface area contributed by atoms with Crippen molar-refractivity contribution in [2.75, 3.05) is 26.2 Å². The van der Waals surface area contributed by atoms with E-state index in [1.165, 1.54) is 5.56 Å². The highest BCUT2D eigenvalue weighted by Gasteiger charge is 2.23. The Morgan fingerprint density at radius 2 is 1.61 bits per heavy atom. The van der Waals surface area contributed by atoms with E-state index in [2.05, 4.69) is 24.3 Å². The maximum absolute atomic E-state index is 12.6. The Labute approximate surface area is 137 Å². The topological polar surface area (TPSA) is 40.6 Å². The Bertz CT molecular complexity index is 638. The van der Waals surface area contributed by atoms with Gasteiger partial charge in [0.2, 0.25) is 5.91 Å². The summed E-state index contributed by atoms with van der Waals surface area (Å²) in [5.74, 6) is 0.540. The molecule has 1 fully saturated rings. The van der Waals surface area contributed by atoms with E-state index >= 15 is 0 Å². The highest BCUT2D eigenvalue weighted by Crippen LogP contribution is 2.25. The van der Waals surface area contributed by atoms with Gasteiger partial charge in [-0.2, -0.15) is 0 Å². The maximum atomic E-state index is 12.6. The lowest BCUT2D eigenvalue weighted by molar-refractivity contribution is -0.130. The minimum Gasteiger partial charge on any atom is -0.339 e. The maximum Gasteiger partial charge on any atom is 0.253 e. The van der Waals surface area contributed by atoms with Gasteiger partial charge in [0.15, 0.2) is 0 Å². The van der Waals surface area contributed by atoms with Crippen LogP contribution in [0.4, 0.5) is 0 Å². The summed E-state index contributed by atoms with van der Waals surface area (Å²) in [7, 11) is 0. The van der Waals surface area contributed by atoms with Crippen LogP contribution in [-0.2, 0) is 4.79 Å². The van der Waals surface area contributed by atoms with Crippen LogP contribution in [0.2, 0.25) is 0 Å². The molecule has 0 radical (unpaired) electrons. The molecule has 2 aliphatic rings. The number of hydrogen-bond donors (Lipinski definition) is 0. The van der Waals surface area contributed by atoms with Gasteiger partial charge >= 0.3 is 0 Å². The molecule has 0 N–H and O–H groups in total. The summed E-state index contributed by atoms with van der Waals surface area (Å²) < 4.78 is 0. The number of carbonyl (C=O) groups excluding carboxylic acids is 2. The van der Waals surface area contributed by atoms with Crippen molar-refractivity contribution in [2.45, 2.75) is 19.3 Å². The Hall–Kier alpha value is -2.36. The number of nitrogens with zero attached hydrogens (tertiary/aromatic N) is 2. The largest absolute Gasteiger partial charge is 0.339 e. The van der Waals surface area contributed by atoms with Crippen LogP contribution >= 0.6 is 0 Å². The number of allylic oxidation sites excluding steroid dienone is 4. The highest BCUT2D eigenvalue weighted by atomic mass is 16.2. The smallest absolute Gasteiger partial charge is 0.253 e. The molecule has 120 valence electrons. The van der Waals surface area contributed by atoms with E-state index in [0.717, 1.165) is 12.0 Å². The molecule has 1 aliphatic heterocycles. The van der Waals surface area contributed by atoms with E-state index < -0.39 is 0 Å². The van der Waals surface area contributed by atoms with Crippen molar-refractivity contribution >= 4 is 11.8 Å². The zero-order chi connectivity index (χ0) is 16.2. The third-order valence-corrected chi connectivity index (χ3v) is 4.58. The van der Waals surface area contributed by atoms with Crippen molar-refractivity contribution in [1.29, 1.82) is 0 Å². The van der Waals surface area contributed by atoms with E-state index in [-0.39, 0.29) is 11.8 Å². The average molecular weight is 310 g/mol. The molecule has 0 bridgehead atoms. The summed E-state index contributed by atoms with van der Waals surface area (Å²) in [6.45, 7) is 4.04. The van der Waals surface area contributed by atoms with E-state index in [1.54, 1.807) is 11.8 Å². The number of hydrogen-bond acceptors (Lipinski definition) is 2. The molecule has 0 saturated carbocycles. The highest BCUT2D eigenvalue weighted by molar-refractivity contribution is 5.94. The summed E-state index contributed by atoms with van der Waals surface area (Å²) in [5.41, 5.74) is 1.96. The van der Waals surface area contributed by atoms with Gasteiger partial charge in [-0.05, 0) is 24.1 Å². The summed E-state index contributed by atoms with van der Waals surface area (Å²) >= 11 is 0. The fraction of sp³-hybridized carbons (Fsp3) is 0.368. The molecule has 1 aromatic rings. The van der Waals surface area contributed by atoms with Crippen LogP contribution in [0.25, 0.3) is 0 Å². The Morgan fingerprint density at radius 1 is 0.957 bits per heavy atom. The van der Waals surface area contributed by atoms with Crippen LogP contribution in [-0.4, -0.2) is 47.8 Å². The van der Waals surface area contributed by atoms with Gasteiger partial charge in [-0.15, -0.1) is 0 Å². The molecule has 0 aromatic heterocycles. The second kappa shape index (κ2) is 6.82. The first-order valence-electron chi connectivity index (χ1n) is 8.13. The van der Waals surface area contributed by atoms with Gasteiger partial charge in [0.1, 0.15) is 0 Å². The number of rotatable bonds is 2. The zero-order valence-corrected chi connectivity index (χ0v) is 13.4. The zero-order valence-electron chi connectivity index (χ0n) is 13.4. The van der Waals surface area contributed by atoms with E-state index in [0.29, 0.717) is 32.1 Å². The second-order valence-corrected chi connectivity index (χ2v) is 6.08. The monoisotopic (exact) mass is 310 g/mol. The average Bonchev–Trinajstić information content (AvgIpc) is 2.62. The Morgan fingerprint density at radius 3 is 2.17 bits per heavy atom. The van der Waals surface area contributed by atoms with Crippen LogP contribution in [0, 0.1) is 0 Å². The number of carbonyl (C=O) groups is 2. The fourth-order valence-corrected chi connectivity index (χ4v) is 3.11. The molecule has 2 amide bonds. The predicted octanol–water partition coefficient (Wildman–Crippen LogP) is 2.59. The summed E-state index contributed by atoms with van der Waals surface area (Å²) in [5, 5.41) is 0. The van der Waals surface area contributed by atoms with E-state index in [9.17, 15) is 9.59 Å². The second-order valence-electron chi connectivity index (χ2n) is 6.08. The lowest BCUT2D eigenvalue weighted by Crippen LogP contribution is -2.50. The fourth-order valence-electron chi connectivity index (χ4n) is 3.11. The molecular weight excluding hydrogens is 288 g/mol. The molecule has 1 aliphatic carbocycles. The first-order chi connectivity index (χ1) is 11.1. The number of benzene rings is 1. The molecule has 4 heteroatoms. The van der Waals surface area contributed by atoms with Crippen molar-refractivity contribution in [3.8, 4) is 0 Å². The molecule has 0 spiro atoms. The minimum atomic E-state index is 0.0545. The lowest BCUT2D eigenvalue weighted by Gasteiger charge is -2.34. The number of amides is 2. The van der Waals surface area contributed by atoms with Crippen molar-refractivity contribution in [2.24, 2.45) is 0 Å². The van der Waals surface area contributed by atoms with Crippen molar-refractivity contribution in [1.82, 2.24) is 9.80 Å². The molecule has 1 aromatic carbocycles. The Balaban J connectivity index is 1.63. The molecule has 4 nitrogen and oxygen atoms in total. The lowest BCUT2D eigenvalue weighted by atomic mass is 9.92. The first-order valence-corrected chi connectivity index (χ1v) is 8.13. The molecular formula is C19H22N2O2. The van der Waals surface area contributed by atoms with Gasteiger partial charge in [0.05, 0.1) is 0 Å². The van der Waals surface area contributed by atoms with Crippen molar-refractivity contribution in [3.63, 3.8) is 0 Å². The molecule has 1 atom stereocenters. The molecule has 1 unspecified atom stereocenters. The van der Waals surface area contributed by atoms with Crippen LogP contribution in [0.5, 0.6) is 0 Å². The van der Waals surface area contributed by atoms with Gasteiger partial charge in [0, 0.05) is 44.6 Å². The van der Waals surface area contributed by atoms with Crippen molar-refractivity contribution in [3.05, 3.63) is 59.7 Å². The SMILES string of the molecule is CC(=O)N1CCN(C(=O)c2ccc(C3C=CC=CC3)cc2)CC1. The van der Waals surface area contributed by atoms with E-state index in [1.807, 2.05) is 29.2 Å². The minimum absolute atomic E-state index is 0.0545. The van der Waals surface area contributed by atoms with Crippen LogP contribution in [0.15, 0.2) is 48.6 Å².